The van der Waals surface area contributed by atoms with E-state index in [9.17, 15) is 0 Å². The zero-order chi connectivity index (χ0) is 15.9. The molecule has 1 aliphatic heterocycles. The normalized spacial score (nSPS) is 13.6. The number of hydrogen-bond donors (Lipinski definition) is 2. The van der Waals surface area contributed by atoms with Crippen molar-refractivity contribution in [2.45, 2.75) is 19.9 Å². The van der Waals surface area contributed by atoms with E-state index in [4.69, 9.17) is 14.0 Å². The molecule has 0 radical (unpaired) electrons. The number of aliphatic imine (C=N–C) groups is 1. The van der Waals surface area contributed by atoms with Gasteiger partial charge < -0.3 is 24.6 Å². The molecule has 0 bridgehead atoms. The van der Waals surface area contributed by atoms with Gasteiger partial charge in [0.2, 0.25) is 0 Å². The van der Waals surface area contributed by atoms with E-state index in [2.05, 4.69) is 20.8 Å². The van der Waals surface area contributed by atoms with E-state index in [0.29, 0.717) is 25.7 Å². The first kappa shape index (κ1) is 18.4. The lowest BCUT2D eigenvalue weighted by Gasteiger charge is -2.13. The van der Waals surface area contributed by atoms with Crippen LogP contribution in [0.5, 0.6) is 11.5 Å². The molecule has 8 heteroatoms. The first-order valence-corrected chi connectivity index (χ1v) is 7.69. The third kappa shape index (κ3) is 5.02. The van der Waals surface area contributed by atoms with Crippen LogP contribution in [0.25, 0.3) is 0 Å². The first-order valence-electron chi connectivity index (χ1n) is 7.69. The molecule has 1 aliphatic rings. The number of ether oxygens (including phenoxy) is 2. The van der Waals surface area contributed by atoms with Gasteiger partial charge in [0, 0.05) is 30.8 Å². The van der Waals surface area contributed by atoms with Gasteiger partial charge >= 0.3 is 0 Å². The van der Waals surface area contributed by atoms with E-state index < -0.39 is 0 Å². The Labute approximate surface area is 157 Å². The molecule has 0 fully saturated rings. The van der Waals surface area contributed by atoms with Gasteiger partial charge in [0.05, 0.1) is 19.8 Å². The van der Waals surface area contributed by atoms with Crippen LogP contribution in [0.15, 0.2) is 40.0 Å². The topological polar surface area (TPSA) is 80.9 Å². The van der Waals surface area contributed by atoms with E-state index in [0.717, 1.165) is 35.8 Å². The highest BCUT2D eigenvalue weighted by molar-refractivity contribution is 14.0. The van der Waals surface area contributed by atoms with Crippen LogP contribution in [0, 0.1) is 0 Å². The molecule has 24 heavy (non-hydrogen) atoms. The minimum Gasteiger partial charge on any atom is -0.490 e. The fraction of sp³-hybridized carbons (Fsp3) is 0.375. The summed E-state index contributed by atoms with van der Waals surface area (Å²) in [7, 11) is 0. The van der Waals surface area contributed by atoms with Gasteiger partial charge in [-0.3, -0.25) is 0 Å². The summed E-state index contributed by atoms with van der Waals surface area (Å²) in [6, 6.07) is 7.56. The molecule has 0 spiro atoms. The fourth-order valence-electron chi connectivity index (χ4n) is 2.16. The van der Waals surface area contributed by atoms with Crippen LogP contribution in [0.4, 0.5) is 5.69 Å². The maximum Gasteiger partial charge on any atom is 0.196 e. The third-order valence-corrected chi connectivity index (χ3v) is 3.24. The lowest BCUT2D eigenvalue weighted by Crippen LogP contribution is -2.30. The molecule has 1 aromatic heterocycles. The molecule has 0 unspecified atom stereocenters. The van der Waals surface area contributed by atoms with Gasteiger partial charge in [-0.2, -0.15) is 0 Å². The van der Waals surface area contributed by atoms with E-state index in [1.165, 1.54) is 6.26 Å². The van der Waals surface area contributed by atoms with Crippen LogP contribution in [-0.2, 0) is 6.54 Å². The molecular weight excluding hydrogens is 423 g/mol. The summed E-state index contributed by atoms with van der Waals surface area (Å²) in [5, 5.41) is 10.3. The predicted molar refractivity (Wildman–Crippen MR) is 102 cm³/mol. The van der Waals surface area contributed by atoms with Gasteiger partial charge in [-0.25, -0.2) is 4.99 Å². The summed E-state index contributed by atoms with van der Waals surface area (Å²) in [5.41, 5.74) is 1.66. The monoisotopic (exact) mass is 444 g/mol. The van der Waals surface area contributed by atoms with E-state index in [1.54, 1.807) is 6.07 Å². The molecule has 0 saturated heterocycles. The predicted octanol–water partition coefficient (Wildman–Crippen LogP) is 3.03. The van der Waals surface area contributed by atoms with Crippen LogP contribution in [-0.4, -0.2) is 30.9 Å². The Morgan fingerprint density at radius 3 is 2.79 bits per heavy atom. The Kier molecular flexibility index (Phi) is 7.16. The van der Waals surface area contributed by atoms with Crippen molar-refractivity contribution in [3.63, 3.8) is 0 Å². The molecular formula is C16H21IN4O3. The summed E-state index contributed by atoms with van der Waals surface area (Å²) < 4.78 is 16.1. The number of guanidine groups is 1. The van der Waals surface area contributed by atoms with Gasteiger partial charge in [0.25, 0.3) is 0 Å². The number of halogens is 1. The first-order chi connectivity index (χ1) is 11.3. The highest BCUT2D eigenvalue weighted by Crippen LogP contribution is 2.32. The SMILES string of the molecule is CCNC(=NCc1ccon1)Nc1ccc2c(c1)OCCCO2.I. The number of anilines is 1. The summed E-state index contributed by atoms with van der Waals surface area (Å²) >= 11 is 0. The second-order valence-corrected chi connectivity index (χ2v) is 5.02. The largest absolute Gasteiger partial charge is 0.490 e. The maximum atomic E-state index is 5.70. The van der Waals surface area contributed by atoms with Crippen molar-refractivity contribution in [1.29, 1.82) is 0 Å². The molecule has 3 rings (SSSR count). The molecule has 0 aliphatic carbocycles. The Bertz CT molecular complexity index is 661. The quantitative estimate of drug-likeness (QED) is 0.429. The average Bonchev–Trinajstić information content (AvgIpc) is 2.97. The van der Waals surface area contributed by atoms with Gasteiger partial charge in [-0.1, -0.05) is 5.16 Å². The number of rotatable bonds is 4. The smallest absolute Gasteiger partial charge is 0.196 e. The van der Waals surface area contributed by atoms with Gasteiger partial charge in [-0.05, 0) is 19.1 Å². The summed E-state index contributed by atoms with van der Waals surface area (Å²) in [6.07, 6.45) is 2.42. The Morgan fingerprint density at radius 2 is 2.04 bits per heavy atom. The van der Waals surface area contributed by atoms with Crippen molar-refractivity contribution in [1.82, 2.24) is 10.5 Å². The number of hydrogen-bond acceptors (Lipinski definition) is 5. The fourth-order valence-corrected chi connectivity index (χ4v) is 2.16. The van der Waals surface area contributed by atoms with Crippen LogP contribution in [0.2, 0.25) is 0 Å². The molecule has 2 aromatic rings. The summed E-state index contributed by atoms with van der Waals surface area (Å²) in [5.74, 6) is 2.20. The number of aromatic nitrogens is 1. The van der Waals surface area contributed by atoms with Crippen molar-refractivity contribution < 1.29 is 14.0 Å². The number of fused-ring (bicyclic) bond motifs is 1. The molecule has 2 N–H and O–H groups in total. The van der Waals surface area contributed by atoms with Crippen LogP contribution in [0.3, 0.4) is 0 Å². The second-order valence-electron chi connectivity index (χ2n) is 5.02. The number of nitrogens with zero attached hydrogens (tertiary/aromatic N) is 2. The van der Waals surface area contributed by atoms with Crippen molar-refractivity contribution in [2.24, 2.45) is 4.99 Å². The average molecular weight is 444 g/mol. The maximum absolute atomic E-state index is 5.70. The van der Waals surface area contributed by atoms with Crippen LogP contribution in [0.1, 0.15) is 19.0 Å². The minimum atomic E-state index is 0. The Hall–Kier alpha value is -1.97. The molecule has 0 atom stereocenters. The molecule has 0 saturated carbocycles. The molecule has 7 nitrogen and oxygen atoms in total. The summed E-state index contributed by atoms with van der Waals surface area (Å²) in [4.78, 5) is 4.48. The zero-order valence-corrected chi connectivity index (χ0v) is 15.8. The molecule has 1 aromatic carbocycles. The Morgan fingerprint density at radius 1 is 1.21 bits per heavy atom. The highest BCUT2D eigenvalue weighted by atomic mass is 127. The Balaban J connectivity index is 0.00000208. The van der Waals surface area contributed by atoms with Crippen LogP contribution >= 0.6 is 24.0 Å². The van der Waals surface area contributed by atoms with Crippen molar-refractivity contribution >= 4 is 35.6 Å². The lowest BCUT2D eigenvalue weighted by atomic mass is 10.3. The standard InChI is InChI=1S/C16H20N4O3.HI/c1-2-17-16(18-11-13-6-9-23-20-13)19-12-4-5-14-15(10-12)22-8-3-7-21-14;/h4-6,9-10H,2-3,7-8,11H2,1H3,(H2,17,18,19);1H. The zero-order valence-electron chi connectivity index (χ0n) is 13.4. The van der Waals surface area contributed by atoms with Gasteiger partial charge in [0.15, 0.2) is 17.5 Å². The van der Waals surface area contributed by atoms with Crippen LogP contribution < -0.4 is 20.1 Å². The lowest BCUT2D eigenvalue weighted by molar-refractivity contribution is 0.297. The van der Waals surface area contributed by atoms with E-state index >= 15 is 0 Å². The second kappa shape index (κ2) is 9.36. The highest BCUT2D eigenvalue weighted by Gasteiger charge is 2.11. The van der Waals surface area contributed by atoms with E-state index in [-0.39, 0.29) is 24.0 Å². The molecule has 2 heterocycles. The number of benzene rings is 1. The van der Waals surface area contributed by atoms with Gasteiger partial charge in [-0.15, -0.1) is 24.0 Å². The third-order valence-electron chi connectivity index (χ3n) is 3.24. The number of nitrogens with one attached hydrogen (secondary N) is 2. The van der Waals surface area contributed by atoms with E-state index in [1.807, 2.05) is 25.1 Å². The van der Waals surface area contributed by atoms with Crippen molar-refractivity contribution in [2.75, 3.05) is 25.1 Å². The molecule has 130 valence electrons. The van der Waals surface area contributed by atoms with Crippen molar-refractivity contribution in [3.05, 3.63) is 36.2 Å². The molecule has 0 amide bonds. The summed E-state index contributed by atoms with van der Waals surface area (Å²) in [6.45, 7) is 4.56. The van der Waals surface area contributed by atoms with Gasteiger partial charge in [0.1, 0.15) is 12.0 Å². The minimum absolute atomic E-state index is 0. The van der Waals surface area contributed by atoms with Crippen molar-refractivity contribution in [3.8, 4) is 11.5 Å².